The van der Waals surface area contributed by atoms with E-state index in [4.69, 9.17) is 16.9 Å². The minimum absolute atomic E-state index is 0.0160. The molecule has 1 aromatic heterocycles. The van der Waals surface area contributed by atoms with Crippen molar-refractivity contribution < 1.29 is 4.79 Å². The highest BCUT2D eigenvalue weighted by Gasteiger charge is 2.23. The molecule has 0 aliphatic heterocycles. The number of rotatable bonds is 4. The van der Waals surface area contributed by atoms with E-state index in [1.165, 1.54) is 18.0 Å². The van der Waals surface area contributed by atoms with Crippen molar-refractivity contribution in [1.82, 2.24) is 10.3 Å². The predicted molar refractivity (Wildman–Crippen MR) is 65.9 cm³/mol. The third-order valence-electron chi connectivity index (χ3n) is 2.26. The topological polar surface area (TPSA) is 65.8 Å². The molecule has 6 heteroatoms. The molecule has 1 aliphatic carbocycles. The molecule has 1 N–H and O–H groups in total. The lowest BCUT2D eigenvalue weighted by Crippen LogP contribution is -2.27. The van der Waals surface area contributed by atoms with E-state index in [0.717, 1.165) is 12.8 Å². The Balaban J connectivity index is 1.94. The minimum atomic E-state index is -0.0160. The molecule has 88 valence electrons. The van der Waals surface area contributed by atoms with Gasteiger partial charge < -0.3 is 5.32 Å². The quantitative estimate of drug-likeness (QED) is 0.847. The summed E-state index contributed by atoms with van der Waals surface area (Å²) in [4.78, 5) is 15.5. The molecule has 1 fully saturated rings. The van der Waals surface area contributed by atoms with E-state index in [1.54, 1.807) is 6.07 Å². The maximum Gasteiger partial charge on any atom is 0.230 e. The average Bonchev–Trinajstić information content (AvgIpc) is 3.11. The molecule has 4 nitrogen and oxygen atoms in total. The Morgan fingerprint density at radius 1 is 1.71 bits per heavy atom. The average molecular weight is 268 g/mol. The van der Waals surface area contributed by atoms with Crippen molar-refractivity contribution in [1.29, 1.82) is 5.26 Å². The van der Waals surface area contributed by atoms with Crippen LogP contribution in [0.1, 0.15) is 18.4 Å². The highest BCUT2D eigenvalue weighted by atomic mass is 35.5. The van der Waals surface area contributed by atoms with Crippen LogP contribution in [0, 0.1) is 11.3 Å². The first kappa shape index (κ1) is 12.2. The Kier molecular flexibility index (Phi) is 3.87. The minimum Gasteiger partial charge on any atom is -0.353 e. The van der Waals surface area contributed by atoms with Crippen LogP contribution in [-0.4, -0.2) is 22.7 Å². The maximum absolute atomic E-state index is 11.5. The van der Waals surface area contributed by atoms with Crippen molar-refractivity contribution >= 4 is 29.3 Å². The Morgan fingerprint density at radius 2 is 2.47 bits per heavy atom. The van der Waals surface area contributed by atoms with Crippen molar-refractivity contribution in [2.24, 2.45) is 0 Å². The SMILES string of the molecule is N#Cc1ccnc(SCC(=O)NC2CC2)c1Cl. The summed E-state index contributed by atoms with van der Waals surface area (Å²) in [5, 5.41) is 12.5. The summed E-state index contributed by atoms with van der Waals surface area (Å²) in [5.41, 5.74) is 0.381. The summed E-state index contributed by atoms with van der Waals surface area (Å²) >= 11 is 7.22. The monoisotopic (exact) mass is 267 g/mol. The van der Waals surface area contributed by atoms with Gasteiger partial charge in [0.1, 0.15) is 11.1 Å². The smallest absolute Gasteiger partial charge is 0.230 e. The number of nitriles is 1. The number of halogens is 1. The Bertz CT molecular complexity index is 482. The Labute approximate surface area is 108 Å². The van der Waals surface area contributed by atoms with Gasteiger partial charge in [-0.15, -0.1) is 0 Å². The lowest BCUT2D eigenvalue weighted by Gasteiger charge is -2.04. The van der Waals surface area contributed by atoms with Crippen molar-refractivity contribution in [3.8, 4) is 6.07 Å². The molecule has 1 saturated carbocycles. The zero-order valence-electron chi connectivity index (χ0n) is 8.94. The number of amides is 1. The molecule has 0 unspecified atom stereocenters. The molecule has 1 aliphatic rings. The van der Waals surface area contributed by atoms with Gasteiger partial charge in [0, 0.05) is 12.2 Å². The molecule has 0 saturated heterocycles. The third-order valence-corrected chi connectivity index (χ3v) is 3.74. The van der Waals surface area contributed by atoms with Crippen LogP contribution >= 0.6 is 23.4 Å². The summed E-state index contributed by atoms with van der Waals surface area (Å²) in [6.07, 6.45) is 3.66. The van der Waals surface area contributed by atoms with Crippen LogP contribution in [0.3, 0.4) is 0 Å². The van der Waals surface area contributed by atoms with Crippen molar-refractivity contribution in [3.05, 3.63) is 22.8 Å². The molecular weight excluding hydrogens is 258 g/mol. The number of thioether (sulfide) groups is 1. The van der Waals surface area contributed by atoms with E-state index >= 15 is 0 Å². The van der Waals surface area contributed by atoms with Crippen molar-refractivity contribution in [2.45, 2.75) is 23.9 Å². The van der Waals surface area contributed by atoms with E-state index in [2.05, 4.69) is 10.3 Å². The number of nitrogens with zero attached hydrogens (tertiary/aromatic N) is 2. The second-order valence-corrected chi connectivity index (χ2v) is 5.06. The summed E-state index contributed by atoms with van der Waals surface area (Å²) < 4.78 is 0. The first-order valence-electron chi connectivity index (χ1n) is 5.17. The van der Waals surface area contributed by atoms with Gasteiger partial charge >= 0.3 is 0 Å². The molecular formula is C11H10ClN3OS. The number of carbonyl (C=O) groups excluding carboxylic acids is 1. The number of hydrogen-bond donors (Lipinski definition) is 1. The summed E-state index contributed by atoms with van der Waals surface area (Å²) in [6.45, 7) is 0. The van der Waals surface area contributed by atoms with Crippen LogP contribution in [0.5, 0.6) is 0 Å². The number of carbonyl (C=O) groups is 1. The molecule has 2 rings (SSSR count). The molecule has 1 amide bonds. The van der Waals surface area contributed by atoms with E-state index in [1.807, 2.05) is 6.07 Å². The number of nitrogens with one attached hydrogen (secondary N) is 1. The van der Waals surface area contributed by atoms with Gasteiger partial charge in [-0.1, -0.05) is 23.4 Å². The van der Waals surface area contributed by atoms with Gasteiger partial charge in [0.25, 0.3) is 0 Å². The van der Waals surface area contributed by atoms with E-state index < -0.39 is 0 Å². The number of pyridine rings is 1. The summed E-state index contributed by atoms with van der Waals surface area (Å²) in [6, 6.07) is 3.89. The molecule has 0 radical (unpaired) electrons. The van der Waals surface area contributed by atoms with Crippen molar-refractivity contribution in [2.75, 3.05) is 5.75 Å². The molecule has 0 bridgehead atoms. The molecule has 17 heavy (non-hydrogen) atoms. The fourth-order valence-electron chi connectivity index (χ4n) is 1.24. The summed E-state index contributed by atoms with van der Waals surface area (Å²) in [7, 11) is 0. The fraction of sp³-hybridized carbons (Fsp3) is 0.364. The van der Waals surface area contributed by atoms with Gasteiger partial charge in [0.2, 0.25) is 5.91 Å². The van der Waals surface area contributed by atoms with E-state index in [9.17, 15) is 4.79 Å². The van der Waals surface area contributed by atoms with Crippen LogP contribution in [0.2, 0.25) is 5.02 Å². The largest absolute Gasteiger partial charge is 0.353 e. The molecule has 0 spiro atoms. The van der Waals surface area contributed by atoms with Crippen LogP contribution in [0.25, 0.3) is 0 Å². The lowest BCUT2D eigenvalue weighted by atomic mass is 10.3. The van der Waals surface area contributed by atoms with Crippen molar-refractivity contribution in [3.63, 3.8) is 0 Å². The van der Waals surface area contributed by atoms with Crippen LogP contribution < -0.4 is 5.32 Å². The highest BCUT2D eigenvalue weighted by Crippen LogP contribution is 2.27. The van der Waals surface area contributed by atoms with Gasteiger partial charge in [-0.05, 0) is 18.9 Å². The van der Waals surface area contributed by atoms with E-state index in [-0.39, 0.29) is 11.7 Å². The highest BCUT2D eigenvalue weighted by molar-refractivity contribution is 8.00. The first-order chi connectivity index (χ1) is 8.20. The van der Waals surface area contributed by atoms with Crippen LogP contribution in [0.15, 0.2) is 17.3 Å². The second-order valence-electron chi connectivity index (χ2n) is 3.72. The fourth-order valence-corrected chi connectivity index (χ4v) is 2.28. The van der Waals surface area contributed by atoms with Gasteiger partial charge in [-0.25, -0.2) is 4.98 Å². The van der Waals surface area contributed by atoms with Gasteiger partial charge in [0.15, 0.2) is 0 Å². The molecule has 0 aromatic carbocycles. The Hall–Kier alpha value is -1.25. The first-order valence-corrected chi connectivity index (χ1v) is 6.54. The molecule has 1 aromatic rings. The van der Waals surface area contributed by atoms with Gasteiger partial charge in [0.05, 0.1) is 16.3 Å². The maximum atomic E-state index is 11.5. The molecule has 1 heterocycles. The van der Waals surface area contributed by atoms with Gasteiger partial charge in [-0.3, -0.25) is 4.79 Å². The zero-order chi connectivity index (χ0) is 12.3. The number of aromatic nitrogens is 1. The normalized spacial score (nSPS) is 14.1. The lowest BCUT2D eigenvalue weighted by molar-refractivity contribution is -0.118. The molecule has 0 atom stereocenters. The van der Waals surface area contributed by atoms with Crippen LogP contribution in [-0.2, 0) is 4.79 Å². The third kappa shape index (κ3) is 3.35. The van der Waals surface area contributed by atoms with Crippen LogP contribution in [0.4, 0.5) is 0 Å². The second kappa shape index (κ2) is 5.39. The predicted octanol–water partition coefficient (Wildman–Crippen LogP) is 1.98. The zero-order valence-corrected chi connectivity index (χ0v) is 10.5. The standard InChI is InChI=1S/C11H10ClN3OS/c12-10-7(5-13)3-4-14-11(10)17-6-9(16)15-8-1-2-8/h3-4,8H,1-2,6H2,(H,15,16). The Morgan fingerprint density at radius 3 is 3.12 bits per heavy atom. The van der Waals surface area contributed by atoms with E-state index in [0.29, 0.717) is 21.7 Å². The number of hydrogen-bond acceptors (Lipinski definition) is 4. The summed E-state index contributed by atoms with van der Waals surface area (Å²) in [5.74, 6) is 0.260. The van der Waals surface area contributed by atoms with Gasteiger partial charge in [-0.2, -0.15) is 5.26 Å².